The molecule has 1 aromatic heterocycles. The van der Waals surface area contributed by atoms with Gasteiger partial charge in [0, 0.05) is 24.7 Å². The van der Waals surface area contributed by atoms with Gasteiger partial charge >= 0.3 is 0 Å². The monoisotopic (exact) mass is 264 g/mol. The van der Waals surface area contributed by atoms with Crippen LogP contribution in [0.4, 0.5) is 0 Å². The number of carbonyl (C=O) groups is 1. The molecule has 0 spiro atoms. The first-order chi connectivity index (χ1) is 9.02. The van der Waals surface area contributed by atoms with E-state index in [0.29, 0.717) is 12.5 Å². The van der Waals surface area contributed by atoms with Crippen molar-refractivity contribution in [2.45, 2.75) is 39.2 Å². The van der Waals surface area contributed by atoms with Crippen LogP contribution in [-0.4, -0.2) is 22.2 Å². The van der Waals surface area contributed by atoms with Crippen LogP contribution < -0.4 is 11.1 Å². The van der Waals surface area contributed by atoms with Crippen molar-refractivity contribution in [3.8, 4) is 0 Å². The molecule has 2 rings (SSSR count). The third-order valence-corrected chi connectivity index (χ3v) is 4.18. The first-order valence-electron chi connectivity index (χ1n) is 7.03. The molecule has 0 bridgehead atoms. The van der Waals surface area contributed by atoms with Gasteiger partial charge in [0.25, 0.3) is 0 Å². The van der Waals surface area contributed by atoms with Gasteiger partial charge in [-0.2, -0.15) is 5.10 Å². The van der Waals surface area contributed by atoms with Gasteiger partial charge in [0.05, 0.1) is 11.7 Å². The summed E-state index contributed by atoms with van der Waals surface area (Å²) >= 11 is 0. The molecule has 106 valence electrons. The second kappa shape index (κ2) is 5.74. The van der Waals surface area contributed by atoms with Crippen LogP contribution in [-0.2, 0) is 11.8 Å². The second-order valence-electron chi connectivity index (χ2n) is 5.61. The molecule has 1 fully saturated rings. The lowest BCUT2D eigenvalue weighted by Crippen LogP contribution is -2.36. The molecule has 5 heteroatoms. The normalized spacial score (nSPS) is 24.4. The number of aromatic nitrogens is 2. The molecule has 1 unspecified atom stereocenters. The average molecular weight is 264 g/mol. The molecule has 1 amide bonds. The van der Waals surface area contributed by atoms with Gasteiger partial charge in [-0.25, -0.2) is 0 Å². The van der Waals surface area contributed by atoms with Crippen LogP contribution in [0.2, 0.25) is 0 Å². The van der Waals surface area contributed by atoms with Gasteiger partial charge in [0.2, 0.25) is 5.91 Å². The lowest BCUT2D eigenvalue weighted by molar-refractivity contribution is -0.126. The Balaban J connectivity index is 2.00. The van der Waals surface area contributed by atoms with E-state index < -0.39 is 0 Å². The first-order valence-corrected chi connectivity index (χ1v) is 7.03. The zero-order valence-electron chi connectivity index (χ0n) is 12.0. The van der Waals surface area contributed by atoms with Gasteiger partial charge in [0.1, 0.15) is 0 Å². The van der Waals surface area contributed by atoms with Gasteiger partial charge < -0.3 is 11.1 Å². The lowest BCUT2D eigenvalue weighted by Gasteiger charge is -2.20. The fraction of sp³-hybridized carbons (Fsp3) is 0.714. The van der Waals surface area contributed by atoms with Crippen molar-refractivity contribution in [3.63, 3.8) is 0 Å². The molecular formula is C14H24N4O. The molecule has 1 heterocycles. The summed E-state index contributed by atoms with van der Waals surface area (Å²) in [6, 6.07) is 0.000208. The Morgan fingerprint density at radius 3 is 2.95 bits per heavy atom. The topological polar surface area (TPSA) is 72.9 Å². The minimum atomic E-state index is 0.000208. The molecule has 0 aliphatic heterocycles. The predicted molar refractivity (Wildman–Crippen MR) is 74.4 cm³/mol. The van der Waals surface area contributed by atoms with Crippen LogP contribution in [0.3, 0.4) is 0 Å². The van der Waals surface area contributed by atoms with Crippen LogP contribution >= 0.6 is 0 Å². The number of nitrogens with zero attached hydrogens (tertiary/aromatic N) is 2. The van der Waals surface area contributed by atoms with E-state index >= 15 is 0 Å². The van der Waals surface area contributed by atoms with Gasteiger partial charge in [-0.05, 0) is 39.2 Å². The molecule has 1 aliphatic carbocycles. The van der Waals surface area contributed by atoms with Gasteiger partial charge in [-0.3, -0.25) is 9.48 Å². The number of carbonyl (C=O) groups excluding carboxylic acids is 1. The Bertz CT molecular complexity index is 454. The molecule has 1 aromatic rings. The highest BCUT2D eigenvalue weighted by molar-refractivity contribution is 5.79. The van der Waals surface area contributed by atoms with Crippen molar-refractivity contribution in [1.82, 2.24) is 15.1 Å². The largest absolute Gasteiger partial charge is 0.349 e. The number of nitrogens with two attached hydrogens (primary N) is 1. The maximum Gasteiger partial charge on any atom is 0.223 e. The fourth-order valence-corrected chi connectivity index (χ4v) is 3.11. The molecule has 3 atom stereocenters. The molecule has 1 saturated carbocycles. The minimum Gasteiger partial charge on any atom is -0.349 e. The van der Waals surface area contributed by atoms with Crippen molar-refractivity contribution in [2.24, 2.45) is 24.6 Å². The van der Waals surface area contributed by atoms with Gasteiger partial charge in [0.15, 0.2) is 0 Å². The van der Waals surface area contributed by atoms with Crippen LogP contribution in [0.5, 0.6) is 0 Å². The Labute approximate surface area is 114 Å². The first kappa shape index (κ1) is 14.1. The minimum absolute atomic E-state index is 0.000208. The Morgan fingerprint density at radius 2 is 2.37 bits per heavy atom. The summed E-state index contributed by atoms with van der Waals surface area (Å²) in [4.78, 5) is 12.3. The number of aryl methyl sites for hydroxylation is 2. The molecule has 3 N–H and O–H groups in total. The maximum absolute atomic E-state index is 12.3. The van der Waals surface area contributed by atoms with E-state index in [9.17, 15) is 4.79 Å². The highest BCUT2D eigenvalue weighted by Gasteiger charge is 2.32. The summed E-state index contributed by atoms with van der Waals surface area (Å²) in [5, 5.41) is 7.42. The highest BCUT2D eigenvalue weighted by Crippen LogP contribution is 2.31. The Morgan fingerprint density at radius 1 is 1.63 bits per heavy atom. The second-order valence-corrected chi connectivity index (χ2v) is 5.61. The van der Waals surface area contributed by atoms with Gasteiger partial charge in [-0.15, -0.1) is 0 Å². The zero-order chi connectivity index (χ0) is 14.0. The van der Waals surface area contributed by atoms with Crippen LogP contribution in [0.15, 0.2) is 6.20 Å². The molecular weight excluding hydrogens is 240 g/mol. The SMILES string of the molecule is Cc1nn(C)cc1C(C)NC(=O)[C@@H]1CCC[C@@H]1CN. The standard InChI is InChI=1S/C14H24N4O/c1-9(13-8-18(3)17-10(13)2)16-14(19)12-6-4-5-11(12)7-15/h8-9,11-12H,4-7,15H2,1-3H3,(H,16,19)/t9?,11-,12-/m1/s1. The molecule has 5 nitrogen and oxygen atoms in total. The van der Waals surface area contributed by atoms with Gasteiger partial charge in [-0.1, -0.05) is 6.42 Å². The van der Waals surface area contributed by atoms with Crippen molar-refractivity contribution in [3.05, 3.63) is 17.5 Å². The molecule has 0 aromatic carbocycles. The van der Waals surface area contributed by atoms with Crippen LogP contribution in [0, 0.1) is 18.8 Å². The number of nitrogens with one attached hydrogen (secondary N) is 1. The van der Waals surface area contributed by atoms with E-state index in [1.807, 2.05) is 27.1 Å². The summed E-state index contributed by atoms with van der Waals surface area (Å²) in [6.45, 7) is 4.59. The van der Waals surface area contributed by atoms with E-state index in [4.69, 9.17) is 5.73 Å². The summed E-state index contributed by atoms with van der Waals surface area (Å²) in [5.41, 5.74) is 7.79. The maximum atomic E-state index is 12.3. The van der Waals surface area contributed by atoms with E-state index in [1.54, 1.807) is 4.68 Å². The summed E-state index contributed by atoms with van der Waals surface area (Å²) in [5.74, 6) is 0.579. The van der Waals surface area contributed by atoms with Crippen LogP contribution in [0.1, 0.15) is 43.5 Å². The van der Waals surface area contributed by atoms with Crippen molar-refractivity contribution < 1.29 is 4.79 Å². The lowest BCUT2D eigenvalue weighted by atomic mass is 9.95. The van der Waals surface area contributed by atoms with E-state index in [-0.39, 0.29) is 17.9 Å². The van der Waals surface area contributed by atoms with E-state index in [2.05, 4.69) is 10.4 Å². The molecule has 0 radical (unpaired) electrons. The van der Waals surface area contributed by atoms with Crippen molar-refractivity contribution >= 4 is 5.91 Å². The quantitative estimate of drug-likeness (QED) is 0.860. The fourth-order valence-electron chi connectivity index (χ4n) is 3.11. The number of hydrogen-bond donors (Lipinski definition) is 2. The van der Waals surface area contributed by atoms with E-state index in [1.165, 1.54) is 0 Å². The predicted octanol–water partition coefficient (Wildman–Crippen LogP) is 1.28. The third kappa shape index (κ3) is 2.97. The average Bonchev–Trinajstić information content (AvgIpc) is 2.95. The summed E-state index contributed by atoms with van der Waals surface area (Å²) in [6.07, 6.45) is 5.12. The Hall–Kier alpha value is -1.36. The van der Waals surface area contributed by atoms with Crippen molar-refractivity contribution in [2.75, 3.05) is 6.54 Å². The number of amides is 1. The highest BCUT2D eigenvalue weighted by atomic mass is 16.2. The van der Waals surface area contributed by atoms with E-state index in [0.717, 1.165) is 30.5 Å². The van der Waals surface area contributed by atoms with Crippen molar-refractivity contribution in [1.29, 1.82) is 0 Å². The summed E-state index contributed by atoms with van der Waals surface area (Å²) in [7, 11) is 1.90. The molecule has 0 saturated heterocycles. The third-order valence-electron chi connectivity index (χ3n) is 4.18. The number of hydrogen-bond acceptors (Lipinski definition) is 3. The number of rotatable bonds is 4. The zero-order valence-corrected chi connectivity index (χ0v) is 12.0. The molecule has 19 heavy (non-hydrogen) atoms. The summed E-state index contributed by atoms with van der Waals surface area (Å²) < 4.78 is 1.78. The smallest absolute Gasteiger partial charge is 0.223 e. The Kier molecular flexibility index (Phi) is 4.24. The molecule has 1 aliphatic rings. The van der Waals surface area contributed by atoms with Crippen LogP contribution in [0.25, 0.3) is 0 Å².